The number of amides is 1. The van der Waals surface area contributed by atoms with Crippen LogP contribution in [0.25, 0.3) is 0 Å². The van der Waals surface area contributed by atoms with Gasteiger partial charge in [-0.2, -0.15) is 5.11 Å². The third-order valence-electron chi connectivity index (χ3n) is 4.85. The number of thiazole rings is 1. The van der Waals surface area contributed by atoms with Crippen molar-refractivity contribution < 1.29 is 9.72 Å². The van der Waals surface area contributed by atoms with Gasteiger partial charge in [-0.1, -0.05) is 25.3 Å². The fourth-order valence-electron chi connectivity index (χ4n) is 3.55. The SMILES string of the molecule is CCN(c1cccc(NC(=O)CN=Nc2ncc([N+](=O)[O-])s2)c1)C1CCCCC1. The third-order valence-corrected chi connectivity index (χ3v) is 5.68. The molecular formula is C19H24N6O3S. The summed E-state index contributed by atoms with van der Waals surface area (Å²) in [4.78, 5) is 28.4. The van der Waals surface area contributed by atoms with Crippen molar-refractivity contribution in [2.45, 2.75) is 45.1 Å². The molecule has 0 bridgehead atoms. The molecule has 0 atom stereocenters. The van der Waals surface area contributed by atoms with E-state index in [4.69, 9.17) is 0 Å². The second kappa shape index (κ2) is 10.1. The van der Waals surface area contributed by atoms with E-state index in [1.165, 1.54) is 32.1 Å². The topological polar surface area (TPSA) is 113 Å². The Hall–Kier alpha value is -2.88. The van der Waals surface area contributed by atoms with Crippen molar-refractivity contribution in [1.82, 2.24) is 4.98 Å². The van der Waals surface area contributed by atoms with Crippen LogP contribution in [-0.4, -0.2) is 34.9 Å². The summed E-state index contributed by atoms with van der Waals surface area (Å²) in [6, 6.07) is 8.39. The van der Waals surface area contributed by atoms with Crippen molar-refractivity contribution in [3.05, 3.63) is 40.6 Å². The molecule has 1 saturated carbocycles. The number of hydrogen-bond donors (Lipinski definition) is 1. The summed E-state index contributed by atoms with van der Waals surface area (Å²) < 4.78 is 0. The van der Waals surface area contributed by atoms with Crippen molar-refractivity contribution in [3.8, 4) is 0 Å². The van der Waals surface area contributed by atoms with Crippen LogP contribution < -0.4 is 10.2 Å². The van der Waals surface area contributed by atoms with Gasteiger partial charge in [-0.25, -0.2) is 4.98 Å². The molecule has 2 aromatic rings. The lowest BCUT2D eigenvalue weighted by atomic mass is 9.94. The first-order chi connectivity index (χ1) is 14.1. The van der Waals surface area contributed by atoms with E-state index < -0.39 is 4.92 Å². The van der Waals surface area contributed by atoms with Crippen LogP contribution in [0.4, 0.5) is 21.5 Å². The van der Waals surface area contributed by atoms with E-state index in [0.29, 0.717) is 11.7 Å². The van der Waals surface area contributed by atoms with Crippen LogP contribution in [-0.2, 0) is 4.79 Å². The van der Waals surface area contributed by atoms with E-state index in [0.717, 1.165) is 29.8 Å². The Bertz CT molecular complexity index is 878. The molecule has 154 valence electrons. The van der Waals surface area contributed by atoms with Crippen LogP contribution in [0.1, 0.15) is 39.0 Å². The maximum absolute atomic E-state index is 12.2. The zero-order valence-electron chi connectivity index (χ0n) is 16.3. The number of anilines is 2. The number of carbonyl (C=O) groups is 1. The first-order valence-corrected chi connectivity index (χ1v) is 10.5. The van der Waals surface area contributed by atoms with Crippen molar-refractivity contribution in [2.75, 3.05) is 23.3 Å². The fraction of sp³-hybridized carbons (Fsp3) is 0.474. The van der Waals surface area contributed by atoms with Gasteiger partial charge in [-0.05, 0) is 49.3 Å². The maximum Gasteiger partial charge on any atom is 0.345 e. The molecule has 0 radical (unpaired) electrons. The number of aromatic nitrogens is 1. The molecule has 0 aliphatic heterocycles. The summed E-state index contributed by atoms with van der Waals surface area (Å²) in [6.07, 6.45) is 7.39. The lowest BCUT2D eigenvalue weighted by Gasteiger charge is -2.35. The Balaban J connectivity index is 1.57. The monoisotopic (exact) mass is 416 g/mol. The van der Waals surface area contributed by atoms with Crippen LogP contribution in [0.3, 0.4) is 0 Å². The van der Waals surface area contributed by atoms with E-state index in [1.807, 2.05) is 18.2 Å². The summed E-state index contributed by atoms with van der Waals surface area (Å²) in [5, 5.41) is 21.1. The minimum atomic E-state index is -0.538. The van der Waals surface area contributed by atoms with Gasteiger partial charge in [0.05, 0.1) is 4.92 Å². The van der Waals surface area contributed by atoms with E-state index >= 15 is 0 Å². The molecule has 1 amide bonds. The highest BCUT2D eigenvalue weighted by atomic mass is 32.1. The Morgan fingerprint density at radius 1 is 1.38 bits per heavy atom. The average Bonchev–Trinajstić information content (AvgIpc) is 3.19. The molecule has 1 fully saturated rings. The molecule has 1 aliphatic rings. The predicted molar refractivity (Wildman–Crippen MR) is 113 cm³/mol. The molecule has 3 rings (SSSR count). The third kappa shape index (κ3) is 5.80. The van der Waals surface area contributed by atoms with Crippen LogP contribution in [0.2, 0.25) is 0 Å². The molecule has 0 saturated heterocycles. The average molecular weight is 417 g/mol. The first-order valence-electron chi connectivity index (χ1n) is 9.71. The standard InChI is InChI=1S/C19H24N6O3S/c1-2-24(15-8-4-3-5-9-15)16-10-6-7-14(11-16)22-17(26)12-21-23-19-20-13-18(29-19)25(27)28/h6-7,10-11,13,15H,2-5,8-9,12H2,1H3,(H,22,26). The summed E-state index contributed by atoms with van der Waals surface area (Å²) in [6.45, 7) is 2.90. The second-order valence-corrected chi connectivity index (χ2v) is 7.80. The molecule has 1 aliphatic carbocycles. The zero-order chi connectivity index (χ0) is 20.6. The summed E-state index contributed by atoms with van der Waals surface area (Å²) in [5.41, 5.74) is 1.82. The highest BCUT2D eigenvalue weighted by molar-refractivity contribution is 7.18. The molecule has 1 N–H and O–H groups in total. The van der Waals surface area contributed by atoms with Gasteiger partial charge in [0.1, 0.15) is 12.7 Å². The first kappa shape index (κ1) is 20.8. The number of azo groups is 1. The predicted octanol–water partition coefficient (Wildman–Crippen LogP) is 4.93. The number of nitro groups is 1. The smallest absolute Gasteiger partial charge is 0.345 e. The van der Waals surface area contributed by atoms with Crippen molar-refractivity contribution in [1.29, 1.82) is 0 Å². The minimum Gasteiger partial charge on any atom is -0.369 e. The highest BCUT2D eigenvalue weighted by Gasteiger charge is 2.20. The van der Waals surface area contributed by atoms with E-state index in [2.05, 4.69) is 38.4 Å². The van der Waals surface area contributed by atoms with E-state index in [9.17, 15) is 14.9 Å². The summed E-state index contributed by atoms with van der Waals surface area (Å²) in [7, 11) is 0. The largest absolute Gasteiger partial charge is 0.369 e. The Labute approximate surface area is 173 Å². The number of carbonyl (C=O) groups excluding carboxylic acids is 1. The van der Waals surface area contributed by atoms with Crippen molar-refractivity contribution in [2.24, 2.45) is 10.2 Å². The van der Waals surface area contributed by atoms with Gasteiger partial charge in [0.2, 0.25) is 11.0 Å². The molecule has 0 spiro atoms. The molecule has 10 heteroatoms. The second-order valence-electron chi connectivity index (χ2n) is 6.81. The molecule has 0 unspecified atom stereocenters. The molecule has 9 nitrogen and oxygen atoms in total. The van der Waals surface area contributed by atoms with Gasteiger partial charge in [-0.15, -0.1) is 5.11 Å². The number of nitrogens with one attached hydrogen (secondary N) is 1. The van der Waals surface area contributed by atoms with E-state index in [1.54, 1.807) is 0 Å². The van der Waals surface area contributed by atoms with Gasteiger partial charge in [0, 0.05) is 24.0 Å². The normalized spacial score (nSPS) is 14.8. The molecule has 1 heterocycles. The van der Waals surface area contributed by atoms with Crippen LogP contribution in [0.15, 0.2) is 40.7 Å². The molecule has 1 aromatic heterocycles. The molecule has 1 aromatic carbocycles. The van der Waals surface area contributed by atoms with Gasteiger partial charge < -0.3 is 10.2 Å². The fourth-order valence-corrected chi connectivity index (χ4v) is 4.13. The number of benzene rings is 1. The Morgan fingerprint density at radius 2 is 2.17 bits per heavy atom. The maximum atomic E-state index is 12.2. The van der Waals surface area contributed by atoms with Gasteiger partial charge in [0.25, 0.3) is 0 Å². The zero-order valence-corrected chi connectivity index (χ0v) is 17.1. The van der Waals surface area contributed by atoms with Crippen molar-refractivity contribution in [3.63, 3.8) is 0 Å². The van der Waals surface area contributed by atoms with Gasteiger partial charge in [-0.3, -0.25) is 14.9 Å². The lowest BCUT2D eigenvalue weighted by molar-refractivity contribution is -0.380. The lowest BCUT2D eigenvalue weighted by Crippen LogP contribution is -2.36. The molecule has 29 heavy (non-hydrogen) atoms. The van der Waals surface area contributed by atoms with Crippen LogP contribution in [0, 0.1) is 10.1 Å². The highest BCUT2D eigenvalue weighted by Crippen LogP contribution is 2.29. The van der Waals surface area contributed by atoms with Gasteiger partial charge in [0.15, 0.2) is 0 Å². The van der Waals surface area contributed by atoms with Crippen LogP contribution in [0.5, 0.6) is 0 Å². The Kier molecular flexibility index (Phi) is 7.23. The summed E-state index contributed by atoms with van der Waals surface area (Å²) in [5.74, 6) is -0.308. The Morgan fingerprint density at radius 3 is 2.86 bits per heavy atom. The summed E-state index contributed by atoms with van der Waals surface area (Å²) >= 11 is 0.810. The molecular weight excluding hydrogens is 392 g/mol. The quantitative estimate of drug-likeness (QED) is 0.372. The van der Waals surface area contributed by atoms with Crippen molar-refractivity contribution >= 4 is 38.8 Å². The van der Waals surface area contributed by atoms with Crippen LogP contribution >= 0.6 is 11.3 Å². The van der Waals surface area contributed by atoms with E-state index in [-0.39, 0.29) is 22.6 Å². The number of nitrogens with zero attached hydrogens (tertiary/aromatic N) is 5. The number of rotatable bonds is 8. The number of hydrogen-bond acceptors (Lipinski definition) is 8. The minimum absolute atomic E-state index is 0.112. The van der Waals surface area contributed by atoms with Gasteiger partial charge >= 0.3 is 5.00 Å².